The van der Waals surface area contributed by atoms with E-state index in [0.717, 1.165) is 17.1 Å². The Balaban J connectivity index is 2.72. The fourth-order valence-corrected chi connectivity index (χ4v) is 2.33. The van der Waals surface area contributed by atoms with E-state index in [0.29, 0.717) is 5.56 Å². The first-order valence-corrected chi connectivity index (χ1v) is 5.92. The molecule has 94 valence electrons. The number of aromatic nitrogens is 1. The van der Waals surface area contributed by atoms with E-state index in [4.69, 9.17) is 5.11 Å². The molecule has 0 amide bonds. The summed E-state index contributed by atoms with van der Waals surface area (Å²) in [5.74, 6) is -0.875. The van der Waals surface area contributed by atoms with Gasteiger partial charge in [-0.15, -0.1) is 0 Å². The van der Waals surface area contributed by atoms with Gasteiger partial charge in [0.15, 0.2) is 0 Å². The summed E-state index contributed by atoms with van der Waals surface area (Å²) in [7, 11) is 0. The van der Waals surface area contributed by atoms with Crippen molar-refractivity contribution in [3.63, 3.8) is 0 Å². The van der Waals surface area contributed by atoms with E-state index in [9.17, 15) is 4.79 Å². The van der Waals surface area contributed by atoms with Crippen LogP contribution in [0.4, 0.5) is 0 Å². The highest BCUT2D eigenvalue weighted by atomic mass is 16.4. The van der Waals surface area contributed by atoms with E-state index < -0.39 is 5.97 Å². The van der Waals surface area contributed by atoms with E-state index in [1.807, 2.05) is 30.5 Å². The first kappa shape index (κ1) is 12.4. The summed E-state index contributed by atoms with van der Waals surface area (Å²) in [5.41, 5.74) is 5.52. The fraction of sp³-hybridized carbons (Fsp3) is 0.267. The van der Waals surface area contributed by atoms with Crippen LogP contribution >= 0.6 is 0 Å². The van der Waals surface area contributed by atoms with Crippen LogP contribution in [0.15, 0.2) is 24.3 Å². The molecule has 0 unspecified atom stereocenters. The number of carboxylic acid groups (broad SMARTS) is 1. The minimum absolute atomic E-state index is 0.369. The number of rotatable bonds is 2. The molecule has 1 N–H and O–H groups in total. The lowest BCUT2D eigenvalue weighted by atomic mass is 10.1. The smallest absolute Gasteiger partial charge is 0.337 e. The molecule has 0 saturated heterocycles. The SMILES string of the molecule is Cc1cccc(-n2c(C)cc(C(=O)O)c2C)c1C. The highest BCUT2D eigenvalue weighted by Crippen LogP contribution is 2.24. The molecule has 0 radical (unpaired) electrons. The second-order valence-corrected chi connectivity index (χ2v) is 4.64. The molecular weight excluding hydrogens is 226 g/mol. The van der Waals surface area contributed by atoms with Gasteiger partial charge in [-0.3, -0.25) is 0 Å². The summed E-state index contributed by atoms with van der Waals surface area (Å²) in [5, 5.41) is 9.16. The van der Waals surface area contributed by atoms with Gasteiger partial charge in [-0.1, -0.05) is 12.1 Å². The molecule has 0 fully saturated rings. The molecule has 0 bridgehead atoms. The van der Waals surface area contributed by atoms with Gasteiger partial charge < -0.3 is 9.67 Å². The van der Waals surface area contributed by atoms with Gasteiger partial charge in [0.2, 0.25) is 0 Å². The van der Waals surface area contributed by atoms with Gasteiger partial charge in [0.1, 0.15) is 0 Å². The second kappa shape index (κ2) is 4.33. The van der Waals surface area contributed by atoms with E-state index in [-0.39, 0.29) is 0 Å². The normalized spacial score (nSPS) is 10.7. The van der Waals surface area contributed by atoms with Crippen molar-refractivity contribution < 1.29 is 9.90 Å². The lowest BCUT2D eigenvalue weighted by molar-refractivity contribution is 0.0696. The zero-order valence-corrected chi connectivity index (χ0v) is 11.1. The predicted molar refractivity (Wildman–Crippen MR) is 71.7 cm³/mol. The fourth-order valence-electron chi connectivity index (χ4n) is 2.33. The van der Waals surface area contributed by atoms with Gasteiger partial charge in [-0.05, 0) is 51.0 Å². The van der Waals surface area contributed by atoms with E-state index in [2.05, 4.69) is 19.9 Å². The summed E-state index contributed by atoms with van der Waals surface area (Å²) in [6.07, 6.45) is 0. The third kappa shape index (κ3) is 1.82. The van der Waals surface area contributed by atoms with Crippen molar-refractivity contribution in [2.45, 2.75) is 27.7 Å². The molecule has 0 aliphatic heterocycles. The Kier molecular flexibility index (Phi) is 2.99. The maximum atomic E-state index is 11.2. The first-order valence-electron chi connectivity index (χ1n) is 5.92. The molecule has 2 aromatic rings. The van der Waals surface area contributed by atoms with E-state index in [1.54, 1.807) is 6.07 Å². The monoisotopic (exact) mass is 243 g/mol. The number of carboxylic acids is 1. The number of benzene rings is 1. The Bertz CT molecular complexity index is 624. The van der Waals surface area contributed by atoms with Crippen LogP contribution in [0.25, 0.3) is 5.69 Å². The number of carbonyl (C=O) groups is 1. The molecule has 0 aliphatic carbocycles. The molecule has 2 rings (SSSR count). The summed E-state index contributed by atoms with van der Waals surface area (Å²) in [4.78, 5) is 11.2. The van der Waals surface area contributed by atoms with Crippen LogP contribution in [-0.2, 0) is 0 Å². The van der Waals surface area contributed by atoms with Crippen molar-refractivity contribution >= 4 is 5.97 Å². The second-order valence-electron chi connectivity index (χ2n) is 4.64. The molecule has 1 aromatic carbocycles. The Morgan fingerprint density at radius 3 is 2.39 bits per heavy atom. The zero-order valence-electron chi connectivity index (χ0n) is 11.1. The summed E-state index contributed by atoms with van der Waals surface area (Å²) in [6.45, 7) is 7.90. The molecule has 18 heavy (non-hydrogen) atoms. The van der Waals surface area contributed by atoms with E-state index >= 15 is 0 Å². The molecule has 0 aliphatic rings. The van der Waals surface area contributed by atoms with Crippen molar-refractivity contribution in [1.82, 2.24) is 4.57 Å². The molecule has 0 spiro atoms. The van der Waals surface area contributed by atoms with Crippen LogP contribution in [-0.4, -0.2) is 15.6 Å². The third-order valence-electron chi connectivity index (χ3n) is 3.48. The van der Waals surface area contributed by atoms with Gasteiger partial charge in [0.25, 0.3) is 0 Å². The van der Waals surface area contributed by atoms with Gasteiger partial charge in [-0.2, -0.15) is 0 Å². The van der Waals surface area contributed by atoms with Crippen LogP contribution in [0.1, 0.15) is 32.9 Å². The number of hydrogen-bond donors (Lipinski definition) is 1. The molecular formula is C15H17NO2. The van der Waals surface area contributed by atoms with Crippen molar-refractivity contribution in [2.75, 3.05) is 0 Å². The first-order chi connectivity index (χ1) is 8.43. The molecule has 0 saturated carbocycles. The highest BCUT2D eigenvalue weighted by molar-refractivity contribution is 5.89. The van der Waals surface area contributed by atoms with Crippen molar-refractivity contribution in [3.05, 3.63) is 52.3 Å². The Labute approximate surface area is 107 Å². The van der Waals surface area contributed by atoms with Crippen LogP contribution in [0.5, 0.6) is 0 Å². The average Bonchev–Trinajstić information content (AvgIpc) is 2.59. The minimum Gasteiger partial charge on any atom is -0.478 e. The molecule has 3 heteroatoms. The summed E-state index contributed by atoms with van der Waals surface area (Å²) >= 11 is 0. The van der Waals surface area contributed by atoms with Crippen LogP contribution in [0, 0.1) is 27.7 Å². The Hall–Kier alpha value is -2.03. The van der Waals surface area contributed by atoms with Gasteiger partial charge in [0, 0.05) is 17.1 Å². The molecule has 1 aromatic heterocycles. The average molecular weight is 243 g/mol. The van der Waals surface area contributed by atoms with Crippen LogP contribution < -0.4 is 0 Å². The van der Waals surface area contributed by atoms with Crippen molar-refractivity contribution in [2.24, 2.45) is 0 Å². The maximum Gasteiger partial charge on any atom is 0.337 e. The molecule has 0 atom stereocenters. The molecule has 1 heterocycles. The van der Waals surface area contributed by atoms with Gasteiger partial charge in [0.05, 0.1) is 5.56 Å². The largest absolute Gasteiger partial charge is 0.478 e. The number of aryl methyl sites for hydroxylation is 2. The minimum atomic E-state index is -0.875. The summed E-state index contributed by atoms with van der Waals surface area (Å²) < 4.78 is 2.01. The predicted octanol–water partition coefficient (Wildman–Crippen LogP) is 3.41. The number of aromatic carboxylic acids is 1. The lowest BCUT2D eigenvalue weighted by Crippen LogP contribution is -2.04. The Morgan fingerprint density at radius 1 is 1.17 bits per heavy atom. The quantitative estimate of drug-likeness (QED) is 0.878. The maximum absolute atomic E-state index is 11.2. The highest BCUT2D eigenvalue weighted by Gasteiger charge is 2.16. The van der Waals surface area contributed by atoms with Crippen LogP contribution in [0.3, 0.4) is 0 Å². The van der Waals surface area contributed by atoms with Crippen LogP contribution in [0.2, 0.25) is 0 Å². The third-order valence-corrected chi connectivity index (χ3v) is 3.48. The number of hydrogen-bond acceptors (Lipinski definition) is 1. The topological polar surface area (TPSA) is 42.2 Å². The zero-order chi connectivity index (χ0) is 13.4. The van der Waals surface area contributed by atoms with E-state index in [1.165, 1.54) is 11.1 Å². The van der Waals surface area contributed by atoms with Crippen molar-refractivity contribution in [1.29, 1.82) is 0 Å². The van der Waals surface area contributed by atoms with Gasteiger partial charge in [-0.25, -0.2) is 4.79 Å². The lowest BCUT2D eigenvalue weighted by Gasteiger charge is -2.14. The summed E-state index contributed by atoms with van der Waals surface area (Å²) in [6, 6.07) is 7.80. The van der Waals surface area contributed by atoms with Gasteiger partial charge >= 0.3 is 5.97 Å². The van der Waals surface area contributed by atoms with Crippen molar-refractivity contribution in [3.8, 4) is 5.69 Å². The molecule has 3 nitrogen and oxygen atoms in total. The number of nitrogens with zero attached hydrogens (tertiary/aromatic N) is 1. The standard InChI is InChI=1S/C15H17NO2/c1-9-6-5-7-14(11(9)3)16-10(2)8-13(12(16)4)15(17)18/h5-8H,1-4H3,(H,17,18). The Morgan fingerprint density at radius 2 is 1.83 bits per heavy atom.